The molecule has 2 heterocycles. The second kappa shape index (κ2) is 5.88. The van der Waals surface area contributed by atoms with Crippen molar-refractivity contribution in [1.29, 1.82) is 0 Å². The molecule has 104 valence electrons. The summed E-state index contributed by atoms with van der Waals surface area (Å²) in [6, 6.07) is 9.48. The Labute approximate surface area is 118 Å². The Morgan fingerprint density at radius 1 is 1.15 bits per heavy atom. The van der Waals surface area contributed by atoms with Crippen LogP contribution in [0, 0.1) is 0 Å². The van der Waals surface area contributed by atoms with E-state index in [1.54, 1.807) is 10.9 Å². The lowest BCUT2D eigenvalue weighted by Crippen LogP contribution is -2.34. The summed E-state index contributed by atoms with van der Waals surface area (Å²) in [5.41, 5.74) is 1.70. The lowest BCUT2D eigenvalue weighted by Gasteiger charge is -2.20. The van der Waals surface area contributed by atoms with Crippen molar-refractivity contribution in [3.63, 3.8) is 0 Å². The Bertz CT molecular complexity index is 554. The molecule has 0 spiro atoms. The van der Waals surface area contributed by atoms with Crippen LogP contribution < -0.4 is 5.32 Å². The Balaban J connectivity index is 1.75. The minimum atomic E-state index is 0.112. The fraction of sp³-hybridized carbons (Fsp3) is 0.333. The van der Waals surface area contributed by atoms with Crippen LogP contribution in [-0.4, -0.2) is 46.8 Å². The molecular formula is C15H18N4O. The van der Waals surface area contributed by atoms with Crippen LogP contribution in [0.3, 0.4) is 0 Å². The highest BCUT2D eigenvalue weighted by Crippen LogP contribution is 2.11. The summed E-state index contributed by atoms with van der Waals surface area (Å²) in [5, 5.41) is 7.48. The highest BCUT2D eigenvalue weighted by Gasteiger charge is 2.16. The number of nitrogens with one attached hydrogen (secondary N) is 1. The number of nitrogens with zero attached hydrogens (tertiary/aromatic N) is 3. The zero-order chi connectivity index (χ0) is 13.8. The number of rotatable bonds is 2. The number of benzene rings is 1. The smallest absolute Gasteiger partial charge is 0.253 e. The summed E-state index contributed by atoms with van der Waals surface area (Å²) in [6.07, 6.45) is 4.64. The van der Waals surface area contributed by atoms with Gasteiger partial charge in [0.05, 0.1) is 5.69 Å². The summed E-state index contributed by atoms with van der Waals surface area (Å²) in [4.78, 5) is 14.3. The molecule has 3 rings (SSSR count). The molecule has 0 saturated carbocycles. The molecule has 0 bridgehead atoms. The number of carbonyl (C=O) groups is 1. The standard InChI is InChI=1S/C15H18N4O/c20-15(18-10-1-7-16-9-12-18)13-3-5-14(6-4-13)19-11-2-8-17-19/h2-6,8,11,16H,1,7,9-10,12H2. The topological polar surface area (TPSA) is 50.2 Å². The van der Waals surface area contributed by atoms with Crippen LogP contribution in [0.2, 0.25) is 0 Å². The maximum absolute atomic E-state index is 12.4. The van der Waals surface area contributed by atoms with Gasteiger partial charge in [-0.1, -0.05) is 0 Å². The summed E-state index contributed by atoms with van der Waals surface area (Å²) >= 11 is 0. The quantitative estimate of drug-likeness (QED) is 0.895. The van der Waals surface area contributed by atoms with E-state index in [4.69, 9.17) is 0 Å². The van der Waals surface area contributed by atoms with E-state index in [1.807, 2.05) is 41.4 Å². The van der Waals surface area contributed by atoms with Crippen molar-refractivity contribution in [1.82, 2.24) is 20.0 Å². The number of amides is 1. The van der Waals surface area contributed by atoms with Gasteiger partial charge in [0.1, 0.15) is 0 Å². The zero-order valence-corrected chi connectivity index (χ0v) is 11.3. The van der Waals surface area contributed by atoms with Gasteiger partial charge in [-0.05, 0) is 43.3 Å². The molecule has 1 aliphatic heterocycles. The van der Waals surface area contributed by atoms with Gasteiger partial charge >= 0.3 is 0 Å². The molecule has 0 aliphatic carbocycles. The monoisotopic (exact) mass is 270 g/mol. The molecule has 1 aromatic heterocycles. The second-order valence-corrected chi connectivity index (χ2v) is 4.89. The lowest BCUT2D eigenvalue weighted by atomic mass is 10.1. The number of carbonyl (C=O) groups excluding carboxylic acids is 1. The normalized spacial score (nSPS) is 15.9. The van der Waals surface area contributed by atoms with Gasteiger partial charge in [-0.3, -0.25) is 4.79 Å². The van der Waals surface area contributed by atoms with Gasteiger partial charge < -0.3 is 10.2 Å². The Kier molecular flexibility index (Phi) is 3.78. The van der Waals surface area contributed by atoms with Gasteiger partial charge in [0, 0.05) is 37.6 Å². The van der Waals surface area contributed by atoms with E-state index >= 15 is 0 Å². The summed E-state index contributed by atoms with van der Waals surface area (Å²) in [6.45, 7) is 3.46. The highest BCUT2D eigenvalue weighted by molar-refractivity contribution is 5.94. The largest absolute Gasteiger partial charge is 0.337 e. The minimum absolute atomic E-state index is 0.112. The molecule has 1 amide bonds. The summed E-state index contributed by atoms with van der Waals surface area (Å²) in [7, 11) is 0. The van der Waals surface area contributed by atoms with E-state index in [0.29, 0.717) is 0 Å². The molecule has 0 unspecified atom stereocenters. The van der Waals surface area contributed by atoms with Gasteiger partial charge in [0.2, 0.25) is 0 Å². The first kappa shape index (κ1) is 12.9. The van der Waals surface area contributed by atoms with Gasteiger partial charge in [0.25, 0.3) is 5.91 Å². The van der Waals surface area contributed by atoms with Crippen molar-refractivity contribution < 1.29 is 4.79 Å². The highest BCUT2D eigenvalue weighted by atomic mass is 16.2. The number of hydrogen-bond acceptors (Lipinski definition) is 3. The second-order valence-electron chi connectivity index (χ2n) is 4.89. The van der Waals surface area contributed by atoms with Crippen LogP contribution in [0.4, 0.5) is 0 Å². The van der Waals surface area contributed by atoms with Crippen LogP contribution in [0.1, 0.15) is 16.8 Å². The maximum atomic E-state index is 12.4. The van der Waals surface area contributed by atoms with Gasteiger partial charge in [-0.15, -0.1) is 0 Å². The predicted octanol–water partition coefficient (Wildman–Crippen LogP) is 1.31. The van der Waals surface area contributed by atoms with E-state index in [9.17, 15) is 4.79 Å². The van der Waals surface area contributed by atoms with Crippen LogP contribution in [0.5, 0.6) is 0 Å². The molecule has 5 heteroatoms. The third-order valence-corrected chi connectivity index (χ3v) is 3.51. The Morgan fingerprint density at radius 2 is 2.00 bits per heavy atom. The molecule has 5 nitrogen and oxygen atoms in total. The van der Waals surface area contributed by atoms with Crippen molar-refractivity contribution >= 4 is 5.91 Å². The SMILES string of the molecule is O=C(c1ccc(-n2cccn2)cc1)N1CCCNCC1. The molecule has 0 atom stereocenters. The van der Waals surface area contributed by atoms with Crippen LogP contribution in [0.25, 0.3) is 5.69 Å². The summed E-state index contributed by atoms with van der Waals surface area (Å²) in [5.74, 6) is 0.112. The van der Waals surface area contributed by atoms with Crippen molar-refractivity contribution in [3.8, 4) is 5.69 Å². The number of hydrogen-bond donors (Lipinski definition) is 1. The Hall–Kier alpha value is -2.14. The minimum Gasteiger partial charge on any atom is -0.337 e. The first-order valence-corrected chi connectivity index (χ1v) is 6.95. The van der Waals surface area contributed by atoms with Crippen molar-refractivity contribution in [3.05, 3.63) is 48.3 Å². The third kappa shape index (κ3) is 2.72. The maximum Gasteiger partial charge on any atom is 0.253 e. The first-order valence-electron chi connectivity index (χ1n) is 6.95. The van der Waals surface area contributed by atoms with Crippen LogP contribution in [0.15, 0.2) is 42.7 Å². The number of aromatic nitrogens is 2. The molecule has 2 aromatic rings. The molecule has 1 fully saturated rings. The van der Waals surface area contributed by atoms with E-state index in [2.05, 4.69) is 10.4 Å². The molecule has 1 saturated heterocycles. The van der Waals surface area contributed by atoms with E-state index < -0.39 is 0 Å². The molecule has 1 N–H and O–H groups in total. The fourth-order valence-corrected chi connectivity index (χ4v) is 2.41. The van der Waals surface area contributed by atoms with E-state index in [-0.39, 0.29) is 5.91 Å². The van der Waals surface area contributed by atoms with Crippen LogP contribution >= 0.6 is 0 Å². The van der Waals surface area contributed by atoms with Gasteiger partial charge in [0.15, 0.2) is 0 Å². The molecular weight excluding hydrogens is 252 g/mol. The van der Waals surface area contributed by atoms with E-state index in [0.717, 1.165) is 43.9 Å². The fourth-order valence-electron chi connectivity index (χ4n) is 2.41. The zero-order valence-electron chi connectivity index (χ0n) is 11.3. The van der Waals surface area contributed by atoms with Crippen molar-refractivity contribution in [2.75, 3.05) is 26.2 Å². The average Bonchev–Trinajstić information content (AvgIpc) is 2.89. The average molecular weight is 270 g/mol. The van der Waals surface area contributed by atoms with Crippen molar-refractivity contribution in [2.45, 2.75) is 6.42 Å². The van der Waals surface area contributed by atoms with Crippen molar-refractivity contribution in [2.24, 2.45) is 0 Å². The first-order chi connectivity index (χ1) is 9.84. The molecule has 0 radical (unpaired) electrons. The lowest BCUT2D eigenvalue weighted by molar-refractivity contribution is 0.0766. The van der Waals surface area contributed by atoms with Gasteiger partial charge in [-0.2, -0.15) is 5.10 Å². The Morgan fingerprint density at radius 3 is 2.75 bits per heavy atom. The predicted molar refractivity (Wildman–Crippen MR) is 77.0 cm³/mol. The van der Waals surface area contributed by atoms with Gasteiger partial charge in [-0.25, -0.2) is 4.68 Å². The molecule has 1 aromatic carbocycles. The molecule has 1 aliphatic rings. The third-order valence-electron chi connectivity index (χ3n) is 3.51. The molecule has 20 heavy (non-hydrogen) atoms. The summed E-state index contributed by atoms with van der Waals surface area (Å²) < 4.78 is 1.78. The van der Waals surface area contributed by atoms with Crippen LogP contribution in [-0.2, 0) is 0 Å². The van der Waals surface area contributed by atoms with E-state index in [1.165, 1.54) is 0 Å².